The highest BCUT2D eigenvalue weighted by molar-refractivity contribution is 5.98. The van der Waals surface area contributed by atoms with Gasteiger partial charge in [0.2, 0.25) is 0 Å². The molecular formula is C19H21N5O2. The molecule has 0 aromatic carbocycles. The van der Waals surface area contributed by atoms with Crippen LogP contribution in [0.2, 0.25) is 0 Å². The summed E-state index contributed by atoms with van der Waals surface area (Å²) in [5.41, 5.74) is 10.3. The van der Waals surface area contributed by atoms with E-state index in [0.29, 0.717) is 11.7 Å². The Morgan fingerprint density at radius 1 is 1.38 bits per heavy atom. The fourth-order valence-electron chi connectivity index (χ4n) is 3.49. The minimum Gasteiger partial charge on any atom is -0.381 e. The summed E-state index contributed by atoms with van der Waals surface area (Å²) in [5, 5.41) is 3.50. The van der Waals surface area contributed by atoms with Crippen LogP contribution in [0, 0.1) is 6.92 Å². The van der Waals surface area contributed by atoms with Crippen molar-refractivity contribution in [3.8, 4) is 11.3 Å². The highest BCUT2D eigenvalue weighted by Crippen LogP contribution is 2.33. The molecule has 3 N–H and O–H groups in total. The van der Waals surface area contributed by atoms with E-state index >= 15 is 0 Å². The normalized spacial score (nSPS) is 16.9. The first-order valence-electron chi connectivity index (χ1n) is 8.59. The van der Waals surface area contributed by atoms with E-state index in [1.165, 1.54) is 5.56 Å². The van der Waals surface area contributed by atoms with Crippen LogP contribution in [0.25, 0.3) is 22.2 Å². The Kier molecular flexibility index (Phi) is 4.08. The lowest BCUT2D eigenvalue weighted by atomic mass is 10.0. The number of nitrogens with two attached hydrogens (primary N) is 1. The molecule has 1 saturated heterocycles. The summed E-state index contributed by atoms with van der Waals surface area (Å²) in [5.74, 6) is 0.770. The number of pyridine rings is 2. The van der Waals surface area contributed by atoms with Crippen LogP contribution in [-0.2, 0) is 11.8 Å². The van der Waals surface area contributed by atoms with Gasteiger partial charge in [0.1, 0.15) is 5.82 Å². The second-order valence-electron chi connectivity index (χ2n) is 6.74. The van der Waals surface area contributed by atoms with Crippen molar-refractivity contribution in [1.29, 1.82) is 0 Å². The Morgan fingerprint density at radius 2 is 2.23 bits per heavy atom. The van der Waals surface area contributed by atoms with Crippen LogP contribution in [0.5, 0.6) is 0 Å². The molecule has 1 fully saturated rings. The molecule has 2 amide bonds. The zero-order valence-corrected chi connectivity index (χ0v) is 14.8. The van der Waals surface area contributed by atoms with Crippen LogP contribution in [0.1, 0.15) is 23.6 Å². The number of carbonyl (C=O) groups is 1. The number of hydrogen-bond acceptors (Lipinski definition) is 4. The molecule has 26 heavy (non-hydrogen) atoms. The average molecular weight is 351 g/mol. The molecule has 3 aromatic rings. The minimum absolute atomic E-state index is 0.345. The van der Waals surface area contributed by atoms with Crippen LogP contribution in [-0.4, -0.2) is 33.8 Å². The number of carbonyl (C=O) groups excluding carboxylic acids is 1. The van der Waals surface area contributed by atoms with E-state index < -0.39 is 6.03 Å². The molecule has 0 bridgehead atoms. The first-order valence-corrected chi connectivity index (χ1v) is 8.59. The standard InChI is InChI=1S/C19H21N5O2/c1-11-5-15(12-3-4-26-10-12)22-16(6-11)14-9-24(2)17-8-21-18(7-13(14)17)23-19(20)25/h5-9,12H,3-4,10H2,1-2H3,(H3,20,21,23,25). The van der Waals surface area contributed by atoms with Gasteiger partial charge >= 0.3 is 6.03 Å². The van der Waals surface area contributed by atoms with E-state index in [1.54, 1.807) is 6.20 Å². The third kappa shape index (κ3) is 3.01. The molecule has 7 nitrogen and oxygen atoms in total. The monoisotopic (exact) mass is 351 g/mol. The van der Waals surface area contributed by atoms with Gasteiger partial charge in [-0.2, -0.15) is 0 Å². The first kappa shape index (κ1) is 16.5. The van der Waals surface area contributed by atoms with Crippen molar-refractivity contribution in [2.24, 2.45) is 12.8 Å². The van der Waals surface area contributed by atoms with Crippen LogP contribution < -0.4 is 11.1 Å². The van der Waals surface area contributed by atoms with Gasteiger partial charge in [-0.05, 0) is 37.1 Å². The van der Waals surface area contributed by atoms with E-state index in [2.05, 4.69) is 29.4 Å². The Bertz CT molecular complexity index is 989. The molecule has 1 aliphatic rings. The van der Waals surface area contributed by atoms with Crippen molar-refractivity contribution in [1.82, 2.24) is 14.5 Å². The number of hydrogen-bond donors (Lipinski definition) is 2. The fourth-order valence-corrected chi connectivity index (χ4v) is 3.49. The lowest BCUT2D eigenvalue weighted by Crippen LogP contribution is -2.19. The van der Waals surface area contributed by atoms with Crippen LogP contribution in [0.3, 0.4) is 0 Å². The van der Waals surface area contributed by atoms with Gasteiger partial charge in [-0.3, -0.25) is 10.3 Å². The summed E-state index contributed by atoms with van der Waals surface area (Å²) in [4.78, 5) is 20.3. The van der Waals surface area contributed by atoms with E-state index in [-0.39, 0.29) is 0 Å². The van der Waals surface area contributed by atoms with Crippen LogP contribution in [0.15, 0.2) is 30.6 Å². The summed E-state index contributed by atoms with van der Waals surface area (Å²) < 4.78 is 7.53. The number of fused-ring (bicyclic) bond motifs is 1. The maximum Gasteiger partial charge on any atom is 0.317 e. The van der Waals surface area contributed by atoms with Gasteiger partial charge in [0.25, 0.3) is 0 Å². The van der Waals surface area contributed by atoms with Gasteiger partial charge in [-0.15, -0.1) is 0 Å². The second kappa shape index (κ2) is 6.42. The molecule has 7 heteroatoms. The third-order valence-electron chi connectivity index (χ3n) is 4.74. The number of nitrogens with zero attached hydrogens (tertiary/aromatic N) is 3. The predicted octanol–water partition coefficient (Wildman–Crippen LogP) is 2.94. The molecular weight excluding hydrogens is 330 g/mol. The van der Waals surface area contributed by atoms with Crippen molar-refractivity contribution in [2.75, 3.05) is 18.5 Å². The summed E-state index contributed by atoms with van der Waals surface area (Å²) in [6.07, 6.45) is 4.77. The van der Waals surface area contributed by atoms with E-state index in [0.717, 1.165) is 47.5 Å². The van der Waals surface area contributed by atoms with Crippen molar-refractivity contribution < 1.29 is 9.53 Å². The highest BCUT2D eigenvalue weighted by Gasteiger charge is 2.21. The molecule has 0 saturated carbocycles. The molecule has 1 aliphatic heterocycles. The number of ether oxygens (including phenoxy) is 1. The Labute approximate surface area is 151 Å². The zero-order chi connectivity index (χ0) is 18.3. The maximum absolute atomic E-state index is 11.1. The summed E-state index contributed by atoms with van der Waals surface area (Å²) in [6, 6.07) is 5.41. The first-order chi connectivity index (χ1) is 12.5. The van der Waals surface area contributed by atoms with E-state index in [1.807, 2.05) is 23.9 Å². The number of urea groups is 1. The van der Waals surface area contributed by atoms with Crippen molar-refractivity contribution in [2.45, 2.75) is 19.3 Å². The Hall–Kier alpha value is -2.93. The van der Waals surface area contributed by atoms with Crippen molar-refractivity contribution in [3.63, 3.8) is 0 Å². The maximum atomic E-state index is 11.1. The van der Waals surface area contributed by atoms with Gasteiger partial charge in [0.15, 0.2) is 0 Å². The van der Waals surface area contributed by atoms with Gasteiger partial charge < -0.3 is 15.0 Å². The lowest BCUT2D eigenvalue weighted by Gasteiger charge is -2.11. The minimum atomic E-state index is -0.633. The third-order valence-corrected chi connectivity index (χ3v) is 4.74. The number of aromatic nitrogens is 3. The quantitative estimate of drug-likeness (QED) is 0.758. The zero-order valence-electron chi connectivity index (χ0n) is 14.8. The van der Waals surface area contributed by atoms with Crippen LogP contribution in [0.4, 0.5) is 10.6 Å². The molecule has 0 spiro atoms. The molecule has 0 aliphatic carbocycles. The van der Waals surface area contributed by atoms with Crippen molar-refractivity contribution >= 4 is 22.8 Å². The lowest BCUT2D eigenvalue weighted by molar-refractivity contribution is 0.193. The smallest absolute Gasteiger partial charge is 0.317 e. The SMILES string of the molecule is Cc1cc(-c2cn(C)c3cnc(NC(N)=O)cc23)nc(C2CCOC2)c1. The topological polar surface area (TPSA) is 95.1 Å². The molecule has 3 aromatic heterocycles. The van der Waals surface area contributed by atoms with Crippen molar-refractivity contribution in [3.05, 3.63) is 41.9 Å². The fraction of sp³-hybridized carbons (Fsp3) is 0.316. The molecule has 1 atom stereocenters. The summed E-state index contributed by atoms with van der Waals surface area (Å²) in [6.45, 7) is 3.59. The van der Waals surface area contributed by atoms with E-state index in [9.17, 15) is 4.79 Å². The largest absolute Gasteiger partial charge is 0.381 e. The Balaban J connectivity index is 1.84. The molecule has 4 rings (SSSR count). The molecule has 1 unspecified atom stereocenters. The van der Waals surface area contributed by atoms with Gasteiger partial charge in [0.05, 0.1) is 24.0 Å². The number of rotatable bonds is 3. The van der Waals surface area contributed by atoms with E-state index in [4.69, 9.17) is 15.5 Å². The Morgan fingerprint density at radius 3 is 2.96 bits per heavy atom. The number of aryl methyl sites for hydroxylation is 2. The molecule has 0 radical (unpaired) electrons. The molecule has 4 heterocycles. The second-order valence-corrected chi connectivity index (χ2v) is 6.74. The van der Waals surface area contributed by atoms with Gasteiger partial charge in [0, 0.05) is 42.4 Å². The average Bonchev–Trinajstić information content (AvgIpc) is 3.22. The number of nitrogens with one attached hydrogen (secondary N) is 1. The highest BCUT2D eigenvalue weighted by atomic mass is 16.5. The number of amides is 2. The van der Waals surface area contributed by atoms with Gasteiger partial charge in [-0.1, -0.05) is 0 Å². The van der Waals surface area contributed by atoms with Gasteiger partial charge in [-0.25, -0.2) is 9.78 Å². The predicted molar refractivity (Wildman–Crippen MR) is 100 cm³/mol. The number of anilines is 1. The number of primary amides is 1. The van der Waals surface area contributed by atoms with Crippen LogP contribution >= 0.6 is 0 Å². The molecule has 134 valence electrons. The summed E-state index contributed by atoms with van der Waals surface area (Å²) >= 11 is 0. The summed E-state index contributed by atoms with van der Waals surface area (Å²) in [7, 11) is 1.97.